The summed E-state index contributed by atoms with van der Waals surface area (Å²) < 4.78 is 9.79. The highest BCUT2D eigenvalue weighted by atomic mass is 32.2. The summed E-state index contributed by atoms with van der Waals surface area (Å²) >= 11 is 3.01. The first-order chi connectivity index (χ1) is 8.17. The van der Waals surface area contributed by atoms with E-state index in [9.17, 15) is 4.79 Å². The van der Waals surface area contributed by atoms with Gasteiger partial charge in [0.05, 0.1) is 7.11 Å². The van der Waals surface area contributed by atoms with E-state index in [1.165, 1.54) is 18.6 Å². The zero-order valence-corrected chi connectivity index (χ0v) is 11.9. The van der Waals surface area contributed by atoms with Crippen LogP contribution >= 0.6 is 23.3 Å². The van der Waals surface area contributed by atoms with Crippen molar-refractivity contribution in [2.45, 2.75) is 30.6 Å². The van der Waals surface area contributed by atoms with Crippen molar-refractivity contribution in [2.24, 2.45) is 0 Å². The van der Waals surface area contributed by atoms with E-state index in [2.05, 4.69) is 14.7 Å². The van der Waals surface area contributed by atoms with E-state index in [4.69, 9.17) is 4.74 Å². The number of aromatic nitrogens is 2. The first-order valence-electron chi connectivity index (χ1n) is 5.41. The maximum Gasteiger partial charge on any atom is 0.322 e. The predicted molar refractivity (Wildman–Crippen MR) is 69.5 cm³/mol. The summed E-state index contributed by atoms with van der Waals surface area (Å²) in [4.78, 5) is 15.7. The van der Waals surface area contributed by atoms with Crippen LogP contribution in [0, 0.1) is 6.92 Å². The van der Waals surface area contributed by atoms with Crippen molar-refractivity contribution < 1.29 is 9.53 Å². The fraction of sp³-hybridized carbons (Fsp3) is 0.700. The van der Waals surface area contributed by atoms with Gasteiger partial charge in [-0.2, -0.15) is 4.37 Å². The van der Waals surface area contributed by atoms with Gasteiger partial charge in [-0.25, -0.2) is 4.98 Å². The molecule has 0 aliphatic heterocycles. The third kappa shape index (κ3) is 5.01. The van der Waals surface area contributed by atoms with E-state index in [1.807, 2.05) is 13.8 Å². The Labute approximate surface area is 110 Å². The van der Waals surface area contributed by atoms with Gasteiger partial charge in [0.15, 0.2) is 4.34 Å². The Bertz CT molecular complexity index is 357. The predicted octanol–water partition coefficient (Wildman–Crippen LogP) is 1.48. The number of rotatable bonds is 7. The number of ether oxygens (including phenoxy) is 1. The van der Waals surface area contributed by atoms with Crippen molar-refractivity contribution in [1.82, 2.24) is 14.7 Å². The molecule has 0 aliphatic carbocycles. The van der Waals surface area contributed by atoms with Crippen molar-refractivity contribution in [2.75, 3.05) is 19.4 Å². The van der Waals surface area contributed by atoms with Gasteiger partial charge in [0.25, 0.3) is 0 Å². The molecule has 1 atom stereocenters. The molecule has 0 bridgehead atoms. The molecule has 1 heterocycles. The summed E-state index contributed by atoms with van der Waals surface area (Å²) in [5.41, 5.74) is 0. The monoisotopic (exact) mass is 275 g/mol. The number of nitrogens with zero attached hydrogens (tertiary/aromatic N) is 2. The first kappa shape index (κ1) is 14.4. The summed E-state index contributed by atoms with van der Waals surface area (Å²) in [7, 11) is 1.41. The second-order valence-corrected chi connectivity index (χ2v) is 5.47. The Morgan fingerprint density at radius 3 is 2.94 bits per heavy atom. The number of likely N-dealkylation sites (N-methyl/N-ethyl adjacent to an activating group) is 1. The van der Waals surface area contributed by atoms with E-state index < -0.39 is 0 Å². The topological polar surface area (TPSA) is 64.1 Å². The van der Waals surface area contributed by atoms with E-state index in [-0.39, 0.29) is 12.0 Å². The third-order valence-electron chi connectivity index (χ3n) is 2.08. The van der Waals surface area contributed by atoms with Gasteiger partial charge in [0.2, 0.25) is 0 Å². The lowest BCUT2D eigenvalue weighted by molar-refractivity contribution is -0.143. The molecule has 0 saturated heterocycles. The fourth-order valence-corrected chi connectivity index (χ4v) is 3.01. The number of esters is 1. The summed E-state index contributed by atoms with van der Waals surface area (Å²) in [5.74, 6) is 1.41. The molecule has 1 aromatic heterocycles. The van der Waals surface area contributed by atoms with Gasteiger partial charge in [0.1, 0.15) is 11.9 Å². The molecule has 1 aromatic rings. The SMILES string of the molecule is CCNC(CCSc1nc(C)ns1)C(=O)OC. The molecule has 0 radical (unpaired) electrons. The Kier molecular flexibility index (Phi) is 6.46. The lowest BCUT2D eigenvalue weighted by Gasteiger charge is -2.14. The van der Waals surface area contributed by atoms with Crippen LogP contribution < -0.4 is 5.32 Å². The highest BCUT2D eigenvalue weighted by Gasteiger charge is 2.17. The Balaban J connectivity index is 2.34. The molecule has 0 saturated carbocycles. The quantitative estimate of drug-likeness (QED) is 0.600. The van der Waals surface area contributed by atoms with E-state index >= 15 is 0 Å². The number of aryl methyl sites for hydroxylation is 1. The minimum absolute atomic E-state index is 0.208. The molecule has 0 aliphatic rings. The highest BCUT2D eigenvalue weighted by molar-refractivity contribution is 8.00. The van der Waals surface area contributed by atoms with Crippen molar-refractivity contribution in [3.05, 3.63) is 5.82 Å². The van der Waals surface area contributed by atoms with Gasteiger partial charge >= 0.3 is 5.97 Å². The second kappa shape index (κ2) is 7.62. The zero-order chi connectivity index (χ0) is 12.7. The van der Waals surface area contributed by atoms with Crippen LogP contribution in [-0.4, -0.2) is 40.8 Å². The number of hydrogen-bond acceptors (Lipinski definition) is 7. The lowest BCUT2D eigenvalue weighted by Crippen LogP contribution is -2.37. The highest BCUT2D eigenvalue weighted by Crippen LogP contribution is 2.21. The van der Waals surface area contributed by atoms with Crippen molar-refractivity contribution in [1.29, 1.82) is 0 Å². The van der Waals surface area contributed by atoms with Crippen LogP contribution in [0.2, 0.25) is 0 Å². The molecule has 17 heavy (non-hydrogen) atoms. The van der Waals surface area contributed by atoms with Crippen molar-refractivity contribution in [3.8, 4) is 0 Å². The number of thioether (sulfide) groups is 1. The number of methoxy groups -OCH3 is 1. The molecule has 7 heteroatoms. The Morgan fingerprint density at radius 1 is 1.65 bits per heavy atom. The fourth-order valence-electron chi connectivity index (χ4n) is 1.29. The molecule has 1 N–H and O–H groups in total. The molecule has 1 unspecified atom stereocenters. The van der Waals surface area contributed by atoms with Gasteiger partial charge in [-0.1, -0.05) is 18.7 Å². The van der Waals surface area contributed by atoms with E-state index in [1.54, 1.807) is 11.8 Å². The first-order valence-corrected chi connectivity index (χ1v) is 7.17. The van der Waals surface area contributed by atoms with E-state index in [0.717, 1.165) is 28.9 Å². The van der Waals surface area contributed by atoms with Crippen LogP contribution in [0.1, 0.15) is 19.2 Å². The van der Waals surface area contributed by atoms with Crippen LogP contribution in [0.25, 0.3) is 0 Å². The number of carbonyl (C=O) groups excluding carboxylic acids is 1. The number of carbonyl (C=O) groups is 1. The largest absolute Gasteiger partial charge is 0.468 e. The maximum atomic E-state index is 11.4. The van der Waals surface area contributed by atoms with Crippen LogP contribution in [0.3, 0.4) is 0 Å². The second-order valence-electron chi connectivity index (χ2n) is 3.38. The summed E-state index contributed by atoms with van der Waals surface area (Å²) in [6.07, 6.45) is 0.726. The van der Waals surface area contributed by atoms with Crippen LogP contribution in [0.5, 0.6) is 0 Å². The standard InChI is InChI=1S/C10H17N3O2S2/c1-4-11-8(9(14)15-3)5-6-16-10-12-7(2)13-17-10/h8,11H,4-6H2,1-3H3. The summed E-state index contributed by atoms with van der Waals surface area (Å²) in [5, 5.41) is 3.10. The normalized spacial score (nSPS) is 12.4. The molecular weight excluding hydrogens is 258 g/mol. The van der Waals surface area contributed by atoms with Crippen LogP contribution in [-0.2, 0) is 9.53 Å². The average Bonchev–Trinajstić information content (AvgIpc) is 2.73. The summed E-state index contributed by atoms with van der Waals surface area (Å²) in [6, 6.07) is -0.230. The number of nitrogens with one attached hydrogen (secondary N) is 1. The van der Waals surface area contributed by atoms with Gasteiger partial charge in [0, 0.05) is 5.75 Å². The molecule has 96 valence electrons. The molecular formula is C10H17N3O2S2. The smallest absolute Gasteiger partial charge is 0.322 e. The molecule has 0 spiro atoms. The maximum absolute atomic E-state index is 11.4. The van der Waals surface area contributed by atoms with Crippen molar-refractivity contribution >= 4 is 29.3 Å². The molecule has 0 fully saturated rings. The molecule has 0 amide bonds. The lowest BCUT2D eigenvalue weighted by atomic mass is 10.2. The van der Waals surface area contributed by atoms with Crippen LogP contribution in [0.15, 0.2) is 4.34 Å². The summed E-state index contributed by atoms with van der Waals surface area (Å²) in [6.45, 7) is 4.59. The third-order valence-corrected chi connectivity index (χ3v) is 4.04. The Morgan fingerprint density at radius 2 is 2.41 bits per heavy atom. The molecule has 1 rings (SSSR count). The molecule has 0 aromatic carbocycles. The van der Waals surface area contributed by atoms with Crippen LogP contribution in [0.4, 0.5) is 0 Å². The van der Waals surface area contributed by atoms with E-state index in [0.29, 0.717) is 0 Å². The minimum Gasteiger partial charge on any atom is -0.468 e. The molecule has 5 nitrogen and oxygen atoms in total. The van der Waals surface area contributed by atoms with Crippen molar-refractivity contribution in [3.63, 3.8) is 0 Å². The Hall–Kier alpha value is -0.660. The van der Waals surface area contributed by atoms with Gasteiger partial charge < -0.3 is 10.1 Å². The van der Waals surface area contributed by atoms with Gasteiger partial charge in [-0.3, -0.25) is 4.79 Å². The number of hydrogen-bond donors (Lipinski definition) is 1. The zero-order valence-electron chi connectivity index (χ0n) is 10.2. The average molecular weight is 275 g/mol. The van der Waals surface area contributed by atoms with Gasteiger partial charge in [-0.15, -0.1) is 0 Å². The van der Waals surface area contributed by atoms with Gasteiger partial charge in [-0.05, 0) is 31.4 Å². The minimum atomic E-state index is -0.230.